The summed E-state index contributed by atoms with van der Waals surface area (Å²) in [6, 6.07) is 6.15. The Morgan fingerprint density at radius 1 is 1.39 bits per heavy atom. The zero-order valence-electron chi connectivity index (χ0n) is 11.2. The minimum absolute atomic E-state index is 0.154. The summed E-state index contributed by atoms with van der Waals surface area (Å²) in [5, 5.41) is 0.258. The van der Waals surface area contributed by atoms with Crippen molar-refractivity contribution in [1.29, 1.82) is 0 Å². The highest BCUT2D eigenvalue weighted by atomic mass is 79.9. The lowest BCUT2D eigenvalue weighted by atomic mass is 9.62. The maximum absolute atomic E-state index is 6.41. The number of hydrogen-bond donors (Lipinski definition) is 0. The number of benzene rings is 1. The van der Waals surface area contributed by atoms with Gasteiger partial charge in [0.2, 0.25) is 0 Å². The molecule has 1 aliphatic rings. The summed E-state index contributed by atoms with van der Waals surface area (Å²) in [4.78, 5) is 0. The summed E-state index contributed by atoms with van der Waals surface area (Å²) >= 11 is 9.89. The van der Waals surface area contributed by atoms with Gasteiger partial charge in [-0.05, 0) is 43.5 Å². The lowest BCUT2D eigenvalue weighted by Gasteiger charge is -2.52. The van der Waals surface area contributed by atoms with E-state index in [1.165, 1.54) is 5.56 Å². The molecule has 1 aromatic carbocycles. The van der Waals surface area contributed by atoms with Crippen LogP contribution in [-0.2, 0) is 0 Å². The van der Waals surface area contributed by atoms with Crippen molar-refractivity contribution >= 4 is 27.5 Å². The van der Waals surface area contributed by atoms with Crippen molar-refractivity contribution in [2.24, 2.45) is 5.41 Å². The van der Waals surface area contributed by atoms with Crippen LogP contribution in [0.2, 0.25) is 0 Å². The van der Waals surface area contributed by atoms with Crippen LogP contribution in [0.5, 0.6) is 5.75 Å². The number of alkyl halides is 1. The normalized spacial score (nSPS) is 25.6. The van der Waals surface area contributed by atoms with E-state index < -0.39 is 0 Å². The van der Waals surface area contributed by atoms with Gasteiger partial charge in [0.1, 0.15) is 11.9 Å². The zero-order chi connectivity index (χ0) is 13.3. The van der Waals surface area contributed by atoms with Crippen molar-refractivity contribution in [1.82, 2.24) is 0 Å². The monoisotopic (exact) mass is 330 g/mol. The van der Waals surface area contributed by atoms with E-state index in [2.05, 4.69) is 42.8 Å². The quantitative estimate of drug-likeness (QED) is 0.678. The largest absolute Gasteiger partial charge is 0.489 e. The van der Waals surface area contributed by atoms with Crippen molar-refractivity contribution in [3.05, 3.63) is 28.2 Å². The number of ether oxygens (including phenoxy) is 1. The number of rotatable bonds is 4. The lowest BCUT2D eigenvalue weighted by Crippen LogP contribution is -2.56. The van der Waals surface area contributed by atoms with Crippen LogP contribution in [0.4, 0.5) is 0 Å². The summed E-state index contributed by atoms with van der Waals surface area (Å²) in [5.74, 6) is 0.984. The van der Waals surface area contributed by atoms with Crippen LogP contribution in [0, 0.1) is 12.3 Å². The van der Waals surface area contributed by atoms with E-state index in [1.54, 1.807) is 0 Å². The van der Waals surface area contributed by atoms with E-state index in [4.69, 9.17) is 16.3 Å². The maximum Gasteiger partial charge on any atom is 0.122 e. The van der Waals surface area contributed by atoms with Crippen molar-refractivity contribution in [2.45, 2.75) is 51.5 Å². The smallest absolute Gasteiger partial charge is 0.122 e. The Labute approximate surface area is 123 Å². The Hall–Kier alpha value is -0.210. The summed E-state index contributed by atoms with van der Waals surface area (Å²) in [7, 11) is 0. The minimum atomic E-state index is 0.154. The van der Waals surface area contributed by atoms with Gasteiger partial charge >= 0.3 is 0 Å². The second-order valence-electron chi connectivity index (χ2n) is 5.16. The average molecular weight is 332 g/mol. The molecule has 0 aliphatic heterocycles. The molecule has 1 aromatic rings. The molecule has 0 spiro atoms. The molecule has 18 heavy (non-hydrogen) atoms. The van der Waals surface area contributed by atoms with Crippen molar-refractivity contribution in [3.63, 3.8) is 0 Å². The second kappa shape index (κ2) is 5.42. The van der Waals surface area contributed by atoms with Gasteiger partial charge in [0.05, 0.1) is 0 Å². The third kappa shape index (κ3) is 2.30. The van der Waals surface area contributed by atoms with Crippen LogP contribution in [0.3, 0.4) is 0 Å². The minimum Gasteiger partial charge on any atom is -0.489 e. The first kappa shape index (κ1) is 14.2. The molecule has 3 heteroatoms. The molecule has 1 saturated carbocycles. The Morgan fingerprint density at radius 3 is 2.56 bits per heavy atom. The summed E-state index contributed by atoms with van der Waals surface area (Å²) in [6.07, 6.45) is 3.38. The molecule has 0 heterocycles. The molecule has 0 bridgehead atoms. The van der Waals surface area contributed by atoms with Crippen LogP contribution < -0.4 is 4.74 Å². The van der Waals surface area contributed by atoms with Crippen LogP contribution in [0.25, 0.3) is 0 Å². The summed E-state index contributed by atoms with van der Waals surface area (Å²) in [6.45, 7) is 6.50. The maximum atomic E-state index is 6.41. The molecule has 0 saturated heterocycles. The highest BCUT2D eigenvalue weighted by molar-refractivity contribution is 9.10. The topological polar surface area (TPSA) is 9.23 Å². The third-order valence-electron chi connectivity index (χ3n) is 4.41. The molecule has 2 unspecified atom stereocenters. The standard InChI is InChI=1S/C15H20BrClO/c1-4-15(5-2)13(17)9-14(15)18-12-7-6-11(16)8-10(12)3/h6-8,13-14H,4-5,9H2,1-3H3. The Morgan fingerprint density at radius 2 is 2.06 bits per heavy atom. The van der Waals surface area contributed by atoms with Crippen LogP contribution >= 0.6 is 27.5 Å². The fourth-order valence-electron chi connectivity index (χ4n) is 2.91. The molecule has 2 atom stereocenters. The van der Waals surface area contributed by atoms with Crippen LogP contribution in [0.1, 0.15) is 38.7 Å². The molecule has 0 radical (unpaired) electrons. The van der Waals surface area contributed by atoms with Gasteiger partial charge in [0.25, 0.3) is 0 Å². The van der Waals surface area contributed by atoms with E-state index in [0.717, 1.165) is 29.5 Å². The van der Waals surface area contributed by atoms with Gasteiger partial charge < -0.3 is 4.74 Å². The highest BCUT2D eigenvalue weighted by Gasteiger charge is 2.53. The van der Waals surface area contributed by atoms with Crippen LogP contribution in [0.15, 0.2) is 22.7 Å². The van der Waals surface area contributed by atoms with E-state index in [9.17, 15) is 0 Å². The van der Waals surface area contributed by atoms with Crippen molar-refractivity contribution in [2.75, 3.05) is 0 Å². The fraction of sp³-hybridized carbons (Fsp3) is 0.600. The van der Waals surface area contributed by atoms with Crippen molar-refractivity contribution < 1.29 is 4.74 Å². The first-order chi connectivity index (χ1) is 8.53. The predicted molar refractivity (Wildman–Crippen MR) is 80.6 cm³/mol. The Balaban J connectivity index is 2.15. The molecular weight excluding hydrogens is 312 g/mol. The van der Waals surface area contributed by atoms with Gasteiger partial charge in [-0.1, -0.05) is 29.8 Å². The predicted octanol–water partition coefficient (Wildman–Crippen LogP) is 5.32. The molecule has 2 rings (SSSR count). The number of hydrogen-bond acceptors (Lipinski definition) is 1. The van der Waals surface area contributed by atoms with Gasteiger partial charge in [-0.3, -0.25) is 0 Å². The number of aryl methyl sites for hydroxylation is 1. The summed E-state index contributed by atoms with van der Waals surface area (Å²) < 4.78 is 7.29. The summed E-state index contributed by atoms with van der Waals surface area (Å²) in [5.41, 5.74) is 1.32. The van der Waals surface area contributed by atoms with Gasteiger partial charge in [0.15, 0.2) is 0 Å². The van der Waals surface area contributed by atoms with Crippen molar-refractivity contribution in [3.8, 4) is 5.75 Å². The van der Waals surface area contributed by atoms with Gasteiger partial charge in [-0.15, -0.1) is 11.6 Å². The highest BCUT2D eigenvalue weighted by Crippen LogP contribution is 2.52. The molecule has 1 nitrogen and oxygen atoms in total. The average Bonchev–Trinajstić information content (AvgIpc) is 2.33. The van der Waals surface area contributed by atoms with Gasteiger partial charge in [0, 0.05) is 21.7 Å². The van der Waals surface area contributed by atoms with E-state index in [-0.39, 0.29) is 16.9 Å². The van der Waals surface area contributed by atoms with E-state index in [0.29, 0.717) is 0 Å². The van der Waals surface area contributed by atoms with E-state index >= 15 is 0 Å². The zero-order valence-corrected chi connectivity index (χ0v) is 13.5. The van der Waals surface area contributed by atoms with E-state index in [1.807, 2.05) is 12.1 Å². The van der Waals surface area contributed by atoms with Crippen LogP contribution in [-0.4, -0.2) is 11.5 Å². The first-order valence-corrected chi connectivity index (χ1v) is 7.83. The Bertz CT molecular complexity index is 429. The first-order valence-electron chi connectivity index (χ1n) is 6.60. The SMILES string of the molecule is CCC1(CC)C(Cl)CC1Oc1ccc(Br)cc1C. The van der Waals surface area contributed by atoms with Gasteiger partial charge in [-0.2, -0.15) is 0 Å². The molecule has 100 valence electrons. The number of halogens is 2. The van der Waals surface area contributed by atoms with Gasteiger partial charge in [-0.25, -0.2) is 0 Å². The molecule has 0 N–H and O–H groups in total. The fourth-order valence-corrected chi connectivity index (χ4v) is 4.00. The molecule has 1 fully saturated rings. The molecule has 0 aromatic heterocycles. The third-order valence-corrected chi connectivity index (χ3v) is 5.51. The molecular formula is C15H20BrClO. The molecule has 1 aliphatic carbocycles. The molecule has 0 amide bonds. The lowest BCUT2D eigenvalue weighted by molar-refractivity contribution is -0.0465. The second-order valence-corrected chi connectivity index (χ2v) is 6.60. The Kier molecular flexibility index (Phi) is 4.28.